The number of hydrogen-bond acceptors (Lipinski definition) is 5. The Morgan fingerprint density at radius 1 is 1.43 bits per heavy atom. The minimum atomic E-state index is -0.186. The number of carbonyl (C=O) groups is 1. The molecule has 0 atom stereocenters. The number of aliphatic hydroxyl groups excluding tert-OH is 1. The lowest BCUT2D eigenvalue weighted by Gasteiger charge is -2.28. The Kier molecular flexibility index (Phi) is 5.81. The molecule has 1 aliphatic rings. The van der Waals surface area contributed by atoms with Crippen molar-refractivity contribution in [3.05, 3.63) is 17.5 Å². The summed E-state index contributed by atoms with van der Waals surface area (Å²) in [4.78, 5) is 16.6. The Morgan fingerprint density at radius 2 is 2.09 bits per heavy atom. The van der Waals surface area contributed by atoms with Crippen molar-refractivity contribution in [3.63, 3.8) is 0 Å². The van der Waals surface area contributed by atoms with Gasteiger partial charge < -0.3 is 14.5 Å². The Bertz CT molecular complexity index is 513. The molecule has 1 amide bonds. The van der Waals surface area contributed by atoms with E-state index in [9.17, 15) is 9.90 Å². The zero-order chi connectivity index (χ0) is 17.0. The topological polar surface area (TPSA) is 69.8 Å². The van der Waals surface area contributed by atoms with Gasteiger partial charge >= 0.3 is 0 Å². The van der Waals surface area contributed by atoms with Gasteiger partial charge in [-0.2, -0.15) is 0 Å². The first kappa shape index (κ1) is 17.9. The molecule has 2 heterocycles. The van der Waals surface area contributed by atoms with Crippen LogP contribution < -0.4 is 0 Å². The van der Waals surface area contributed by atoms with Crippen LogP contribution >= 0.6 is 0 Å². The van der Waals surface area contributed by atoms with E-state index in [-0.39, 0.29) is 17.4 Å². The lowest BCUT2D eigenvalue weighted by atomic mass is 9.96. The number of hydrogen-bond donors (Lipinski definition) is 1. The highest BCUT2D eigenvalue weighted by Crippen LogP contribution is 2.18. The predicted octanol–water partition coefficient (Wildman–Crippen LogP) is 2.14. The van der Waals surface area contributed by atoms with Crippen molar-refractivity contribution >= 4 is 5.91 Å². The minimum Gasteiger partial charge on any atom is -0.393 e. The van der Waals surface area contributed by atoms with Crippen molar-refractivity contribution in [2.75, 3.05) is 26.2 Å². The fourth-order valence-corrected chi connectivity index (χ4v) is 2.85. The average molecular weight is 323 g/mol. The summed E-state index contributed by atoms with van der Waals surface area (Å²) in [6, 6.07) is 1.75. The normalized spacial score (nSPS) is 17.4. The molecular formula is C17H29N3O3. The van der Waals surface area contributed by atoms with Gasteiger partial charge in [0.2, 0.25) is 0 Å². The van der Waals surface area contributed by atoms with Crippen LogP contribution in [-0.4, -0.2) is 58.3 Å². The Labute approximate surface area is 138 Å². The molecule has 6 heteroatoms. The van der Waals surface area contributed by atoms with Crippen LogP contribution in [0.3, 0.4) is 0 Å². The smallest absolute Gasteiger partial charge is 0.276 e. The van der Waals surface area contributed by atoms with Gasteiger partial charge in [-0.25, -0.2) is 0 Å². The highest BCUT2D eigenvalue weighted by Gasteiger charge is 2.24. The number of rotatable bonds is 5. The molecule has 1 saturated heterocycles. The fourth-order valence-electron chi connectivity index (χ4n) is 2.85. The van der Waals surface area contributed by atoms with Crippen LogP contribution in [0.1, 0.15) is 56.8 Å². The van der Waals surface area contributed by atoms with Crippen molar-refractivity contribution in [1.82, 2.24) is 15.0 Å². The second kappa shape index (κ2) is 7.45. The summed E-state index contributed by atoms with van der Waals surface area (Å²) in [6.07, 6.45) is 1.39. The molecule has 0 saturated carbocycles. The number of likely N-dealkylation sites (tertiary alicyclic amines) is 1. The largest absolute Gasteiger partial charge is 0.393 e. The van der Waals surface area contributed by atoms with Gasteiger partial charge in [0, 0.05) is 32.2 Å². The van der Waals surface area contributed by atoms with E-state index in [1.807, 2.05) is 6.92 Å². The van der Waals surface area contributed by atoms with Crippen molar-refractivity contribution in [1.29, 1.82) is 0 Å². The van der Waals surface area contributed by atoms with E-state index >= 15 is 0 Å². The number of aromatic nitrogens is 1. The van der Waals surface area contributed by atoms with Crippen molar-refractivity contribution in [3.8, 4) is 0 Å². The van der Waals surface area contributed by atoms with Gasteiger partial charge in [-0.05, 0) is 25.2 Å². The molecule has 0 aliphatic carbocycles. The van der Waals surface area contributed by atoms with Crippen molar-refractivity contribution in [2.24, 2.45) is 5.41 Å². The SMILES string of the molecule is CCN(CC(C)(C)C)C(=O)c1cc(CN2CCC(O)CC2)on1. The Morgan fingerprint density at radius 3 is 2.65 bits per heavy atom. The number of carbonyl (C=O) groups excluding carboxylic acids is 1. The first-order valence-corrected chi connectivity index (χ1v) is 8.44. The Balaban J connectivity index is 1.96. The van der Waals surface area contributed by atoms with Crippen molar-refractivity contribution in [2.45, 2.75) is 53.2 Å². The minimum absolute atomic E-state index is 0.0485. The monoisotopic (exact) mass is 323 g/mol. The summed E-state index contributed by atoms with van der Waals surface area (Å²) < 4.78 is 5.34. The number of aliphatic hydroxyl groups is 1. The van der Waals surface area contributed by atoms with Gasteiger partial charge in [0.15, 0.2) is 11.5 Å². The van der Waals surface area contributed by atoms with Crippen LogP contribution in [0, 0.1) is 5.41 Å². The molecular weight excluding hydrogens is 294 g/mol. The van der Waals surface area contributed by atoms with E-state index in [1.54, 1.807) is 11.0 Å². The standard InChI is InChI=1S/C17H29N3O3/c1-5-20(12-17(2,3)4)16(22)15-10-14(23-18-15)11-19-8-6-13(21)7-9-19/h10,13,21H,5-9,11-12H2,1-4H3. The summed E-state index contributed by atoms with van der Waals surface area (Å²) in [5.74, 6) is 0.628. The third-order valence-electron chi connectivity index (χ3n) is 4.05. The molecule has 1 aromatic rings. The van der Waals surface area contributed by atoms with E-state index in [0.29, 0.717) is 31.1 Å². The lowest BCUT2D eigenvalue weighted by Crippen LogP contribution is -2.37. The molecule has 1 N–H and O–H groups in total. The quantitative estimate of drug-likeness (QED) is 0.899. The molecule has 0 spiro atoms. The third kappa shape index (κ3) is 5.32. The molecule has 0 bridgehead atoms. The van der Waals surface area contributed by atoms with Crippen LogP contribution in [0.2, 0.25) is 0 Å². The second-order valence-electron chi connectivity index (χ2n) is 7.57. The molecule has 130 valence electrons. The molecule has 0 aromatic carbocycles. The van der Waals surface area contributed by atoms with Crippen LogP contribution in [0.25, 0.3) is 0 Å². The van der Waals surface area contributed by atoms with Gasteiger partial charge in [0.05, 0.1) is 12.6 Å². The zero-order valence-electron chi connectivity index (χ0n) is 14.7. The summed E-state index contributed by atoms with van der Waals surface area (Å²) >= 11 is 0. The van der Waals surface area contributed by atoms with E-state index in [2.05, 4.69) is 30.8 Å². The zero-order valence-corrected chi connectivity index (χ0v) is 14.7. The maximum atomic E-state index is 12.6. The highest BCUT2D eigenvalue weighted by atomic mass is 16.5. The van der Waals surface area contributed by atoms with Gasteiger partial charge in [-0.1, -0.05) is 25.9 Å². The summed E-state index contributed by atoms with van der Waals surface area (Å²) in [5.41, 5.74) is 0.426. The summed E-state index contributed by atoms with van der Waals surface area (Å²) in [5, 5.41) is 13.5. The molecule has 2 rings (SSSR count). The third-order valence-corrected chi connectivity index (χ3v) is 4.05. The average Bonchev–Trinajstić information content (AvgIpc) is 2.94. The number of amides is 1. The molecule has 0 unspecified atom stereocenters. The van der Waals surface area contributed by atoms with Gasteiger partial charge in [-0.3, -0.25) is 9.69 Å². The maximum absolute atomic E-state index is 12.6. The first-order chi connectivity index (χ1) is 10.8. The lowest BCUT2D eigenvalue weighted by molar-refractivity contribution is 0.0693. The predicted molar refractivity (Wildman–Crippen MR) is 88.1 cm³/mol. The van der Waals surface area contributed by atoms with Crippen LogP contribution in [0.15, 0.2) is 10.6 Å². The number of piperidine rings is 1. The van der Waals surface area contributed by atoms with Gasteiger partial charge in [0.1, 0.15) is 0 Å². The van der Waals surface area contributed by atoms with Crippen LogP contribution in [0.4, 0.5) is 0 Å². The summed E-state index contributed by atoms with van der Waals surface area (Å²) in [6.45, 7) is 12.0. The van der Waals surface area contributed by atoms with E-state index in [0.717, 1.165) is 25.9 Å². The first-order valence-electron chi connectivity index (χ1n) is 8.44. The van der Waals surface area contributed by atoms with E-state index in [4.69, 9.17) is 4.52 Å². The maximum Gasteiger partial charge on any atom is 0.276 e. The van der Waals surface area contributed by atoms with Crippen LogP contribution in [-0.2, 0) is 6.54 Å². The van der Waals surface area contributed by atoms with Crippen LogP contribution in [0.5, 0.6) is 0 Å². The Hall–Kier alpha value is -1.40. The number of nitrogens with zero attached hydrogens (tertiary/aromatic N) is 3. The molecule has 1 aromatic heterocycles. The highest BCUT2D eigenvalue weighted by molar-refractivity contribution is 5.92. The second-order valence-corrected chi connectivity index (χ2v) is 7.57. The van der Waals surface area contributed by atoms with Gasteiger partial charge in [0.25, 0.3) is 5.91 Å². The van der Waals surface area contributed by atoms with Crippen molar-refractivity contribution < 1.29 is 14.4 Å². The fraction of sp³-hybridized carbons (Fsp3) is 0.765. The van der Waals surface area contributed by atoms with Gasteiger partial charge in [-0.15, -0.1) is 0 Å². The van der Waals surface area contributed by atoms with E-state index < -0.39 is 0 Å². The molecule has 23 heavy (non-hydrogen) atoms. The molecule has 1 fully saturated rings. The van der Waals surface area contributed by atoms with E-state index in [1.165, 1.54) is 0 Å². The molecule has 6 nitrogen and oxygen atoms in total. The molecule has 0 radical (unpaired) electrons. The molecule has 1 aliphatic heterocycles. The summed E-state index contributed by atoms with van der Waals surface area (Å²) in [7, 11) is 0.